The predicted octanol–water partition coefficient (Wildman–Crippen LogP) is 2.32. The third kappa shape index (κ3) is 5.21. The van der Waals surface area contributed by atoms with E-state index in [0.717, 1.165) is 29.7 Å². The van der Waals surface area contributed by atoms with Gasteiger partial charge >= 0.3 is 0 Å². The van der Waals surface area contributed by atoms with Crippen LogP contribution in [0.15, 0.2) is 24.3 Å². The van der Waals surface area contributed by atoms with Gasteiger partial charge in [-0.2, -0.15) is 0 Å². The van der Waals surface area contributed by atoms with Gasteiger partial charge in [0.25, 0.3) is 11.8 Å². The molecule has 5 rings (SSSR count). The Labute approximate surface area is 207 Å². The molecule has 10 nitrogen and oxygen atoms in total. The van der Waals surface area contributed by atoms with Crippen LogP contribution in [0.5, 0.6) is 0 Å². The van der Waals surface area contributed by atoms with Crippen molar-refractivity contribution in [3.63, 3.8) is 0 Å². The number of aromatic nitrogens is 2. The molecule has 0 radical (unpaired) electrons. The van der Waals surface area contributed by atoms with E-state index in [9.17, 15) is 14.4 Å². The first kappa shape index (κ1) is 23.8. The largest absolute Gasteiger partial charge is 0.347 e. The summed E-state index contributed by atoms with van der Waals surface area (Å²) < 4.78 is 11.5. The maximum atomic E-state index is 13.2. The lowest BCUT2D eigenvalue weighted by Gasteiger charge is -2.40. The number of piperidine rings is 2. The van der Waals surface area contributed by atoms with Gasteiger partial charge in [-0.3, -0.25) is 14.4 Å². The van der Waals surface area contributed by atoms with Gasteiger partial charge in [0.05, 0.1) is 19.1 Å². The first-order chi connectivity index (χ1) is 16.9. The van der Waals surface area contributed by atoms with E-state index in [1.165, 1.54) is 0 Å². The Balaban J connectivity index is 1.17. The van der Waals surface area contributed by atoms with Crippen LogP contribution in [-0.4, -0.2) is 82.9 Å². The van der Waals surface area contributed by atoms with Crippen LogP contribution in [0.2, 0.25) is 0 Å². The standard InChI is InChI=1S/C24H29N5O5S/c1-16-4-6-18(7-5-16)25-19(30)20-26-27-21(35-20)23(32)29-10-2-3-17(15-29)22(31)28-11-8-24(9-12-28)33-13-14-34-24/h4-7,17H,2-3,8-15H2,1H3,(H,25,30)/t17-/m0/s1. The molecule has 0 saturated carbocycles. The smallest absolute Gasteiger partial charge is 0.286 e. The van der Waals surface area contributed by atoms with Crippen molar-refractivity contribution in [2.75, 3.05) is 44.7 Å². The molecule has 3 aliphatic rings. The summed E-state index contributed by atoms with van der Waals surface area (Å²) in [6, 6.07) is 7.41. The van der Waals surface area contributed by atoms with Gasteiger partial charge in [0.15, 0.2) is 5.79 Å². The van der Waals surface area contributed by atoms with E-state index in [1.807, 2.05) is 24.0 Å². The lowest BCUT2D eigenvalue weighted by atomic mass is 9.94. The molecular formula is C24H29N5O5S. The summed E-state index contributed by atoms with van der Waals surface area (Å²) in [5.74, 6) is -1.39. The van der Waals surface area contributed by atoms with Crippen molar-refractivity contribution in [2.24, 2.45) is 5.92 Å². The van der Waals surface area contributed by atoms with Crippen LogP contribution < -0.4 is 5.32 Å². The van der Waals surface area contributed by atoms with Gasteiger partial charge in [0.2, 0.25) is 15.9 Å². The maximum Gasteiger partial charge on any atom is 0.286 e. The zero-order chi connectivity index (χ0) is 24.4. The number of amides is 3. The molecule has 186 valence electrons. The van der Waals surface area contributed by atoms with E-state index in [4.69, 9.17) is 9.47 Å². The van der Waals surface area contributed by atoms with E-state index in [-0.39, 0.29) is 27.7 Å². The number of rotatable bonds is 4. The van der Waals surface area contributed by atoms with Crippen molar-refractivity contribution in [1.82, 2.24) is 20.0 Å². The second-order valence-corrected chi connectivity index (χ2v) is 10.2. The minimum Gasteiger partial charge on any atom is -0.347 e. The zero-order valence-corrected chi connectivity index (χ0v) is 20.5. The average molecular weight is 500 g/mol. The first-order valence-electron chi connectivity index (χ1n) is 12.0. The molecule has 2 aromatic rings. The lowest BCUT2D eigenvalue weighted by molar-refractivity contribution is -0.188. The Bertz CT molecular complexity index is 1090. The Morgan fingerprint density at radius 1 is 1.00 bits per heavy atom. The quantitative estimate of drug-likeness (QED) is 0.687. The minimum atomic E-state index is -0.521. The first-order valence-corrected chi connectivity index (χ1v) is 12.8. The second-order valence-electron chi connectivity index (χ2n) is 9.26. The van der Waals surface area contributed by atoms with E-state index >= 15 is 0 Å². The number of hydrogen-bond acceptors (Lipinski definition) is 8. The zero-order valence-electron chi connectivity index (χ0n) is 19.7. The van der Waals surface area contributed by atoms with Gasteiger partial charge in [-0.1, -0.05) is 29.0 Å². The summed E-state index contributed by atoms with van der Waals surface area (Å²) in [6.07, 6.45) is 2.84. The van der Waals surface area contributed by atoms with E-state index in [1.54, 1.807) is 17.0 Å². The van der Waals surface area contributed by atoms with Crippen molar-refractivity contribution < 1.29 is 23.9 Å². The SMILES string of the molecule is Cc1ccc(NC(=O)c2nnc(C(=O)N3CCC[C@H](C(=O)N4CCC5(CC4)OCCO5)C3)s2)cc1. The highest BCUT2D eigenvalue weighted by Gasteiger charge is 2.42. The van der Waals surface area contributed by atoms with Crippen LogP contribution in [0.25, 0.3) is 0 Å². The van der Waals surface area contributed by atoms with Crippen molar-refractivity contribution >= 4 is 34.7 Å². The fraction of sp³-hybridized carbons (Fsp3) is 0.542. The molecule has 1 N–H and O–H groups in total. The van der Waals surface area contributed by atoms with Gasteiger partial charge in [-0.25, -0.2) is 0 Å². The molecule has 1 aromatic carbocycles. The molecule has 3 amide bonds. The van der Waals surface area contributed by atoms with E-state index in [0.29, 0.717) is 57.9 Å². The Kier molecular flexibility index (Phi) is 6.81. The van der Waals surface area contributed by atoms with Crippen molar-refractivity contribution in [3.05, 3.63) is 39.8 Å². The van der Waals surface area contributed by atoms with Gasteiger partial charge in [0.1, 0.15) is 0 Å². The Hall–Kier alpha value is -2.89. The molecule has 0 aliphatic carbocycles. The molecule has 1 spiro atoms. The molecular weight excluding hydrogens is 470 g/mol. The number of carbonyl (C=O) groups is 3. The molecule has 0 bridgehead atoms. The van der Waals surface area contributed by atoms with Crippen LogP contribution in [-0.2, 0) is 14.3 Å². The van der Waals surface area contributed by atoms with E-state index < -0.39 is 11.7 Å². The maximum absolute atomic E-state index is 13.2. The molecule has 3 aliphatic heterocycles. The molecule has 3 saturated heterocycles. The summed E-state index contributed by atoms with van der Waals surface area (Å²) in [5.41, 5.74) is 1.74. The Morgan fingerprint density at radius 2 is 1.69 bits per heavy atom. The number of nitrogens with one attached hydrogen (secondary N) is 1. The van der Waals surface area contributed by atoms with Crippen LogP contribution in [0.1, 0.15) is 50.9 Å². The van der Waals surface area contributed by atoms with Crippen LogP contribution in [0, 0.1) is 12.8 Å². The van der Waals surface area contributed by atoms with Gasteiger partial charge in [0, 0.05) is 44.7 Å². The molecule has 0 unspecified atom stereocenters. The van der Waals surface area contributed by atoms with Gasteiger partial charge in [-0.15, -0.1) is 10.2 Å². The lowest BCUT2D eigenvalue weighted by Crippen LogP contribution is -2.51. The third-order valence-electron chi connectivity index (χ3n) is 6.82. The van der Waals surface area contributed by atoms with Crippen molar-refractivity contribution in [2.45, 2.75) is 38.4 Å². The summed E-state index contributed by atoms with van der Waals surface area (Å²) in [7, 11) is 0. The van der Waals surface area contributed by atoms with E-state index in [2.05, 4.69) is 15.5 Å². The van der Waals surface area contributed by atoms with Gasteiger partial charge in [-0.05, 0) is 31.9 Å². The fourth-order valence-electron chi connectivity index (χ4n) is 4.83. The van der Waals surface area contributed by atoms with Gasteiger partial charge < -0.3 is 24.6 Å². The molecule has 3 fully saturated rings. The molecule has 35 heavy (non-hydrogen) atoms. The number of aryl methyl sites for hydroxylation is 1. The Morgan fingerprint density at radius 3 is 2.40 bits per heavy atom. The average Bonchev–Trinajstić information content (AvgIpc) is 3.56. The molecule has 1 atom stereocenters. The predicted molar refractivity (Wildman–Crippen MR) is 128 cm³/mol. The second kappa shape index (κ2) is 10.00. The third-order valence-corrected chi connectivity index (χ3v) is 7.73. The number of carbonyl (C=O) groups excluding carboxylic acids is 3. The summed E-state index contributed by atoms with van der Waals surface area (Å²) >= 11 is 0.965. The van der Waals surface area contributed by atoms with Crippen LogP contribution in [0.4, 0.5) is 5.69 Å². The summed E-state index contributed by atoms with van der Waals surface area (Å²) in [6.45, 7) is 5.27. The van der Waals surface area contributed by atoms with Crippen molar-refractivity contribution in [3.8, 4) is 0 Å². The molecule has 1 aromatic heterocycles. The number of anilines is 1. The molecule has 4 heterocycles. The minimum absolute atomic E-state index is 0.0748. The van der Waals surface area contributed by atoms with Crippen LogP contribution in [0.3, 0.4) is 0 Å². The number of ether oxygens (including phenoxy) is 2. The number of nitrogens with zero attached hydrogens (tertiary/aromatic N) is 4. The highest BCUT2D eigenvalue weighted by Crippen LogP contribution is 2.32. The van der Waals surface area contributed by atoms with Crippen LogP contribution >= 0.6 is 11.3 Å². The number of benzene rings is 1. The summed E-state index contributed by atoms with van der Waals surface area (Å²) in [5, 5.41) is 10.9. The fourth-order valence-corrected chi connectivity index (χ4v) is 5.54. The highest BCUT2D eigenvalue weighted by molar-refractivity contribution is 7.15. The monoisotopic (exact) mass is 499 g/mol. The number of hydrogen-bond donors (Lipinski definition) is 1. The highest BCUT2D eigenvalue weighted by atomic mass is 32.1. The number of likely N-dealkylation sites (tertiary alicyclic amines) is 2. The summed E-state index contributed by atoms with van der Waals surface area (Å²) in [4.78, 5) is 42.3. The van der Waals surface area contributed by atoms with Crippen molar-refractivity contribution in [1.29, 1.82) is 0 Å². The molecule has 11 heteroatoms. The topological polar surface area (TPSA) is 114 Å². The normalized spacial score (nSPS) is 21.8.